The molecule has 6 nitrogen and oxygen atoms in total. The smallest absolute Gasteiger partial charge is 0.341 e. The molecule has 122 valence electrons. The van der Waals surface area contributed by atoms with E-state index in [9.17, 15) is 9.90 Å². The molecule has 0 saturated carbocycles. The van der Waals surface area contributed by atoms with E-state index in [1.807, 2.05) is 0 Å². The molecule has 0 amide bonds. The Kier molecular flexibility index (Phi) is 5.13. The Morgan fingerprint density at radius 3 is 2.59 bits per heavy atom. The molecule has 1 atom stereocenters. The normalized spacial score (nSPS) is 17.0. The van der Waals surface area contributed by atoms with E-state index >= 15 is 0 Å². The number of aliphatic hydroxyl groups is 1. The highest BCUT2D eigenvalue weighted by Gasteiger charge is 2.32. The van der Waals surface area contributed by atoms with Crippen molar-refractivity contribution in [2.45, 2.75) is 33.0 Å². The van der Waals surface area contributed by atoms with E-state index in [0.717, 1.165) is 6.42 Å². The zero-order valence-electron chi connectivity index (χ0n) is 13.3. The molecule has 6 heteroatoms. The molecule has 1 aromatic carbocycles. The zero-order chi connectivity index (χ0) is 16.3. The van der Waals surface area contributed by atoms with Gasteiger partial charge in [0.2, 0.25) is 12.0 Å². The number of esters is 1. The van der Waals surface area contributed by atoms with Gasteiger partial charge in [-0.25, -0.2) is 4.79 Å². The fraction of sp³-hybridized carbons (Fsp3) is 0.562. The highest BCUT2D eigenvalue weighted by Crippen LogP contribution is 2.44. The number of rotatable bonds is 6. The second-order valence-corrected chi connectivity index (χ2v) is 5.56. The third kappa shape index (κ3) is 3.27. The summed E-state index contributed by atoms with van der Waals surface area (Å²) in [5.41, 5.74) is 0.904. The van der Waals surface area contributed by atoms with Gasteiger partial charge in [0.25, 0.3) is 0 Å². The van der Waals surface area contributed by atoms with Crippen molar-refractivity contribution in [3.8, 4) is 17.2 Å². The highest BCUT2D eigenvalue weighted by molar-refractivity contribution is 5.94. The first-order valence-electron chi connectivity index (χ1n) is 7.27. The largest absolute Gasteiger partial charge is 0.492 e. The lowest BCUT2D eigenvalue weighted by molar-refractivity contribution is -0.0691. The van der Waals surface area contributed by atoms with Crippen LogP contribution in [0.25, 0.3) is 0 Å². The molecule has 0 bridgehead atoms. The van der Waals surface area contributed by atoms with Crippen LogP contribution in [0, 0.1) is 5.92 Å². The van der Waals surface area contributed by atoms with Gasteiger partial charge in [-0.3, -0.25) is 0 Å². The Morgan fingerprint density at radius 1 is 1.32 bits per heavy atom. The molecule has 1 aliphatic heterocycles. The van der Waals surface area contributed by atoms with E-state index in [1.54, 1.807) is 6.07 Å². The van der Waals surface area contributed by atoms with E-state index in [2.05, 4.69) is 13.8 Å². The summed E-state index contributed by atoms with van der Waals surface area (Å²) in [5, 5.41) is 9.61. The van der Waals surface area contributed by atoms with Crippen LogP contribution < -0.4 is 14.2 Å². The van der Waals surface area contributed by atoms with Crippen LogP contribution >= 0.6 is 0 Å². The van der Waals surface area contributed by atoms with Gasteiger partial charge in [0.15, 0.2) is 11.5 Å². The Hall–Kier alpha value is -1.95. The molecule has 1 unspecified atom stereocenters. The van der Waals surface area contributed by atoms with Crippen molar-refractivity contribution >= 4 is 5.97 Å². The summed E-state index contributed by atoms with van der Waals surface area (Å²) in [5.74, 6) is 1.17. The Labute approximate surface area is 129 Å². The average molecular weight is 310 g/mol. The SMILES string of the molecule is COc1c(OCCC(C)C)cc2c(c1OC)CC(O)OC2=O. The standard InChI is InChI=1S/C16H22O6/c1-9(2)5-6-21-12-7-11-10(8-13(17)22-16(11)18)14(19-3)15(12)20-4/h7,9,13,17H,5-6,8H2,1-4H3. The van der Waals surface area contributed by atoms with Gasteiger partial charge in [-0.2, -0.15) is 0 Å². The molecule has 1 aliphatic rings. The quantitative estimate of drug-likeness (QED) is 0.812. The van der Waals surface area contributed by atoms with Gasteiger partial charge in [-0.1, -0.05) is 13.8 Å². The third-order valence-corrected chi connectivity index (χ3v) is 3.51. The minimum absolute atomic E-state index is 0.160. The van der Waals surface area contributed by atoms with Gasteiger partial charge >= 0.3 is 5.97 Å². The van der Waals surface area contributed by atoms with Gasteiger partial charge < -0.3 is 24.1 Å². The molecule has 1 aromatic rings. The molecular formula is C16H22O6. The van der Waals surface area contributed by atoms with E-state index in [1.165, 1.54) is 14.2 Å². The van der Waals surface area contributed by atoms with Crippen LogP contribution in [0.3, 0.4) is 0 Å². The van der Waals surface area contributed by atoms with Crippen molar-refractivity contribution in [2.75, 3.05) is 20.8 Å². The van der Waals surface area contributed by atoms with Crippen LogP contribution in [0.4, 0.5) is 0 Å². The van der Waals surface area contributed by atoms with E-state index in [-0.39, 0.29) is 6.42 Å². The summed E-state index contributed by atoms with van der Waals surface area (Å²) in [7, 11) is 3.00. The molecule has 0 spiro atoms. The molecule has 0 radical (unpaired) electrons. The topological polar surface area (TPSA) is 74.2 Å². The first-order chi connectivity index (χ1) is 10.5. The number of carbonyl (C=O) groups excluding carboxylic acids is 1. The molecule has 1 N–H and O–H groups in total. The highest BCUT2D eigenvalue weighted by atomic mass is 16.6. The van der Waals surface area contributed by atoms with Gasteiger partial charge in [0.1, 0.15) is 0 Å². The van der Waals surface area contributed by atoms with Crippen LogP contribution in [0.2, 0.25) is 0 Å². The van der Waals surface area contributed by atoms with Crippen molar-refractivity contribution < 1.29 is 28.8 Å². The molecule has 0 aromatic heterocycles. The van der Waals surface area contributed by atoms with Gasteiger partial charge in [0.05, 0.1) is 26.4 Å². The lowest BCUT2D eigenvalue weighted by Crippen LogP contribution is -2.28. The predicted octanol–water partition coefficient (Wildman–Crippen LogP) is 2.16. The van der Waals surface area contributed by atoms with Crippen molar-refractivity contribution in [3.63, 3.8) is 0 Å². The summed E-state index contributed by atoms with van der Waals surface area (Å²) < 4.78 is 21.3. The van der Waals surface area contributed by atoms with Crippen LogP contribution in [0.15, 0.2) is 6.07 Å². The van der Waals surface area contributed by atoms with Crippen LogP contribution in [0.5, 0.6) is 17.2 Å². The van der Waals surface area contributed by atoms with Gasteiger partial charge in [0, 0.05) is 12.0 Å². The average Bonchev–Trinajstić information content (AvgIpc) is 2.46. The number of methoxy groups -OCH3 is 2. The number of hydrogen-bond acceptors (Lipinski definition) is 6. The summed E-state index contributed by atoms with van der Waals surface area (Å²) >= 11 is 0. The number of cyclic esters (lactones) is 1. The molecule has 22 heavy (non-hydrogen) atoms. The summed E-state index contributed by atoms with van der Waals surface area (Å²) in [6.07, 6.45) is -0.134. The fourth-order valence-electron chi connectivity index (χ4n) is 2.36. The molecule has 0 fully saturated rings. The maximum atomic E-state index is 12.0. The van der Waals surface area contributed by atoms with Crippen molar-refractivity contribution in [1.82, 2.24) is 0 Å². The molecular weight excluding hydrogens is 288 g/mol. The van der Waals surface area contributed by atoms with Crippen molar-refractivity contribution in [2.24, 2.45) is 5.92 Å². The molecule has 0 aliphatic carbocycles. The maximum absolute atomic E-state index is 12.0. The monoisotopic (exact) mass is 310 g/mol. The number of fused-ring (bicyclic) bond motifs is 1. The number of ether oxygens (including phenoxy) is 4. The zero-order valence-corrected chi connectivity index (χ0v) is 13.3. The van der Waals surface area contributed by atoms with Crippen molar-refractivity contribution in [1.29, 1.82) is 0 Å². The summed E-state index contributed by atoms with van der Waals surface area (Å²) in [6.45, 7) is 4.72. The van der Waals surface area contributed by atoms with E-state index < -0.39 is 12.3 Å². The van der Waals surface area contributed by atoms with Crippen LogP contribution in [0.1, 0.15) is 36.2 Å². The Morgan fingerprint density at radius 2 is 2.00 bits per heavy atom. The van der Waals surface area contributed by atoms with Crippen LogP contribution in [-0.4, -0.2) is 38.2 Å². The van der Waals surface area contributed by atoms with Crippen molar-refractivity contribution in [3.05, 3.63) is 17.2 Å². The van der Waals surface area contributed by atoms with Gasteiger partial charge in [-0.05, 0) is 18.4 Å². The summed E-state index contributed by atoms with van der Waals surface area (Å²) in [4.78, 5) is 12.0. The first-order valence-corrected chi connectivity index (χ1v) is 7.27. The van der Waals surface area contributed by atoms with Gasteiger partial charge in [-0.15, -0.1) is 0 Å². The number of hydrogen-bond donors (Lipinski definition) is 1. The second-order valence-electron chi connectivity index (χ2n) is 5.56. The van der Waals surface area contributed by atoms with E-state index in [0.29, 0.717) is 40.9 Å². The third-order valence-electron chi connectivity index (χ3n) is 3.51. The lowest BCUT2D eigenvalue weighted by Gasteiger charge is -2.25. The lowest BCUT2D eigenvalue weighted by atomic mass is 9.99. The second kappa shape index (κ2) is 6.87. The fourth-order valence-corrected chi connectivity index (χ4v) is 2.36. The Balaban J connectivity index is 2.42. The Bertz CT molecular complexity index is 552. The number of aliphatic hydroxyl groups excluding tert-OH is 1. The number of benzene rings is 1. The minimum atomic E-state index is -1.17. The first kappa shape index (κ1) is 16.4. The molecule has 0 saturated heterocycles. The number of carbonyl (C=O) groups is 1. The minimum Gasteiger partial charge on any atom is -0.492 e. The van der Waals surface area contributed by atoms with E-state index in [4.69, 9.17) is 18.9 Å². The molecule has 1 heterocycles. The van der Waals surface area contributed by atoms with Crippen LogP contribution in [-0.2, 0) is 11.2 Å². The maximum Gasteiger partial charge on any atom is 0.341 e. The molecule has 2 rings (SSSR count). The summed E-state index contributed by atoms with van der Waals surface area (Å²) in [6, 6.07) is 1.59. The predicted molar refractivity (Wildman–Crippen MR) is 79.6 cm³/mol.